The second-order valence-electron chi connectivity index (χ2n) is 3.38. The summed E-state index contributed by atoms with van der Waals surface area (Å²) in [5.41, 5.74) is 7.44. The average Bonchev–Trinajstić information content (AvgIpc) is 2.59. The second kappa shape index (κ2) is 3.48. The topological polar surface area (TPSA) is 26.0 Å². The van der Waals surface area contributed by atoms with E-state index in [-0.39, 0.29) is 0 Å². The lowest BCUT2D eigenvalue weighted by molar-refractivity contribution is 0.613. The molecule has 1 aliphatic rings. The number of hydrogen-bond acceptors (Lipinski definition) is 2. The number of rotatable bonds is 1. The smallest absolute Gasteiger partial charge is 0.0317 e. The molecule has 3 heteroatoms. The van der Waals surface area contributed by atoms with Crippen molar-refractivity contribution in [3.8, 4) is 0 Å². The Hall–Kier alpha value is 0.140. The molecule has 2 unspecified atom stereocenters. The summed E-state index contributed by atoms with van der Waals surface area (Å²) < 4.78 is 1.25. The first-order valence-electron chi connectivity index (χ1n) is 4.26. The molecular formula is C9H12BrNS. The summed E-state index contributed by atoms with van der Waals surface area (Å²) >= 11 is 5.31. The Kier molecular flexibility index (Phi) is 2.53. The van der Waals surface area contributed by atoms with E-state index in [2.05, 4.69) is 26.7 Å². The van der Waals surface area contributed by atoms with E-state index < -0.39 is 0 Å². The number of halogens is 1. The fraction of sp³-hybridized carbons (Fsp3) is 0.556. The van der Waals surface area contributed by atoms with Crippen molar-refractivity contribution in [1.29, 1.82) is 0 Å². The Bertz CT molecular complexity index is 271. The number of hydrogen-bond donors (Lipinski definition) is 1. The van der Waals surface area contributed by atoms with E-state index in [9.17, 15) is 0 Å². The molecule has 1 aromatic heterocycles. The lowest BCUT2D eigenvalue weighted by Gasteiger charge is -2.14. The maximum atomic E-state index is 6.02. The van der Waals surface area contributed by atoms with Crippen molar-refractivity contribution in [2.24, 2.45) is 5.73 Å². The summed E-state index contributed by atoms with van der Waals surface area (Å²) in [7, 11) is 0. The summed E-state index contributed by atoms with van der Waals surface area (Å²) in [6.45, 7) is 0. The van der Waals surface area contributed by atoms with Crippen LogP contribution < -0.4 is 5.73 Å². The molecule has 2 N–H and O–H groups in total. The zero-order valence-electron chi connectivity index (χ0n) is 6.79. The van der Waals surface area contributed by atoms with Crippen LogP contribution in [0.1, 0.15) is 30.7 Å². The first kappa shape index (κ1) is 8.73. The molecule has 0 aliphatic heterocycles. The van der Waals surface area contributed by atoms with E-state index in [1.807, 2.05) is 0 Å². The second-order valence-corrected chi connectivity index (χ2v) is 4.97. The maximum Gasteiger partial charge on any atom is 0.0317 e. The highest BCUT2D eigenvalue weighted by molar-refractivity contribution is 9.10. The van der Waals surface area contributed by atoms with E-state index in [1.54, 1.807) is 11.3 Å². The summed E-state index contributed by atoms with van der Waals surface area (Å²) in [5, 5.41) is 4.36. The van der Waals surface area contributed by atoms with Gasteiger partial charge in [-0.1, -0.05) is 6.42 Å². The minimum absolute atomic E-state index is 0.385. The van der Waals surface area contributed by atoms with Crippen molar-refractivity contribution in [2.45, 2.75) is 31.2 Å². The van der Waals surface area contributed by atoms with Crippen LogP contribution in [0.25, 0.3) is 0 Å². The van der Waals surface area contributed by atoms with Gasteiger partial charge < -0.3 is 5.73 Å². The van der Waals surface area contributed by atoms with Crippen LogP contribution in [0, 0.1) is 0 Å². The van der Waals surface area contributed by atoms with Crippen LogP contribution in [-0.4, -0.2) is 6.04 Å². The third-order valence-electron chi connectivity index (χ3n) is 2.61. The van der Waals surface area contributed by atoms with Gasteiger partial charge in [0.15, 0.2) is 0 Å². The monoisotopic (exact) mass is 245 g/mol. The third kappa shape index (κ3) is 1.45. The van der Waals surface area contributed by atoms with E-state index in [1.165, 1.54) is 29.3 Å². The van der Waals surface area contributed by atoms with Crippen LogP contribution >= 0.6 is 27.3 Å². The summed E-state index contributed by atoms with van der Waals surface area (Å²) in [6.07, 6.45) is 3.73. The number of nitrogens with two attached hydrogens (primary N) is 1. The van der Waals surface area contributed by atoms with Gasteiger partial charge in [-0.3, -0.25) is 0 Å². The van der Waals surface area contributed by atoms with Crippen molar-refractivity contribution in [3.05, 3.63) is 20.8 Å². The van der Waals surface area contributed by atoms with Gasteiger partial charge in [0, 0.05) is 21.8 Å². The molecule has 0 amide bonds. The van der Waals surface area contributed by atoms with Gasteiger partial charge in [-0.25, -0.2) is 0 Å². The molecule has 12 heavy (non-hydrogen) atoms. The van der Waals surface area contributed by atoms with Crippen LogP contribution in [0.2, 0.25) is 0 Å². The minimum Gasteiger partial charge on any atom is -0.327 e. The van der Waals surface area contributed by atoms with Gasteiger partial charge in [0.25, 0.3) is 0 Å². The molecule has 2 rings (SSSR count). The molecule has 1 aliphatic carbocycles. The lowest BCUT2D eigenvalue weighted by Crippen LogP contribution is -2.22. The highest BCUT2D eigenvalue weighted by atomic mass is 79.9. The van der Waals surface area contributed by atoms with E-state index in [4.69, 9.17) is 5.73 Å². The molecule has 2 atom stereocenters. The van der Waals surface area contributed by atoms with Crippen molar-refractivity contribution < 1.29 is 0 Å². The Labute approximate surface area is 85.1 Å². The van der Waals surface area contributed by atoms with Gasteiger partial charge in [-0.2, -0.15) is 11.3 Å². The zero-order chi connectivity index (χ0) is 8.55. The van der Waals surface area contributed by atoms with Crippen molar-refractivity contribution in [2.75, 3.05) is 0 Å². The average molecular weight is 246 g/mol. The fourth-order valence-corrected chi connectivity index (χ4v) is 3.59. The van der Waals surface area contributed by atoms with E-state index in [0.29, 0.717) is 12.0 Å². The molecule has 1 fully saturated rings. The van der Waals surface area contributed by atoms with Crippen molar-refractivity contribution in [3.63, 3.8) is 0 Å². The Morgan fingerprint density at radius 3 is 2.75 bits per heavy atom. The summed E-state index contributed by atoms with van der Waals surface area (Å²) in [4.78, 5) is 0. The van der Waals surface area contributed by atoms with Gasteiger partial charge >= 0.3 is 0 Å². The molecule has 1 saturated carbocycles. The van der Waals surface area contributed by atoms with Gasteiger partial charge in [-0.15, -0.1) is 0 Å². The Morgan fingerprint density at radius 1 is 1.42 bits per heavy atom. The molecule has 1 heterocycles. The highest BCUT2D eigenvalue weighted by Crippen LogP contribution is 2.38. The van der Waals surface area contributed by atoms with Crippen LogP contribution in [0.15, 0.2) is 15.2 Å². The third-order valence-corrected chi connectivity index (χ3v) is 4.36. The zero-order valence-corrected chi connectivity index (χ0v) is 9.20. The quantitative estimate of drug-likeness (QED) is 0.809. The van der Waals surface area contributed by atoms with Gasteiger partial charge in [0.2, 0.25) is 0 Å². The molecular weight excluding hydrogens is 234 g/mol. The Balaban J connectivity index is 2.24. The molecule has 0 bridgehead atoms. The molecule has 1 nitrogen and oxygen atoms in total. The Morgan fingerprint density at radius 2 is 2.25 bits per heavy atom. The van der Waals surface area contributed by atoms with Crippen molar-refractivity contribution in [1.82, 2.24) is 0 Å². The number of thiophene rings is 1. The van der Waals surface area contributed by atoms with Gasteiger partial charge in [0.05, 0.1) is 0 Å². The van der Waals surface area contributed by atoms with E-state index >= 15 is 0 Å². The minimum atomic E-state index is 0.385. The standard InChI is InChI=1S/C9H12BrNS/c10-8-5-12-4-7(8)6-2-1-3-9(6)11/h4-6,9H,1-3,11H2. The van der Waals surface area contributed by atoms with Crippen LogP contribution in [0.3, 0.4) is 0 Å². The maximum absolute atomic E-state index is 6.02. The van der Waals surface area contributed by atoms with Crippen LogP contribution in [0.4, 0.5) is 0 Å². The lowest BCUT2D eigenvalue weighted by atomic mass is 9.98. The first-order valence-corrected chi connectivity index (χ1v) is 6.00. The van der Waals surface area contributed by atoms with Crippen LogP contribution in [-0.2, 0) is 0 Å². The molecule has 1 aromatic rings. The summed E-state index contributed by atoms with van der Waals surface area (Å²) in [6, 6.07) is 0.385. The molecule has 66 valence electrons. The van der Waals surface area contributed by atoms with Gasteiger partial charge in [0.1, 0.15) is 0 Å². The van der Waals surface area contributed by atoms with Crippen molar-refractivity contribution >= 4 is 27.3 Å². The van der Waals surface area contributed by atoms with Crippen LogP contribution in [0.5, 0.6) is 0 Å². The SMILES string of the molecule is NC1CCCC1c1cscc1Br. The normalized spacial score (nSPS) is 29.5. The predicted octanol–water partition coefficient (Wildman–Crippen LogP) is 3.11. The highest BCUT2D eigenvalue weighted by Gasteiger charge is 2.27. The molecule has 0 aromatic carbocycles. The molecule has 0 saturated heterocycles. The molecule has 0 radical (unpaired) electrons. The first-order chi connectivity index (χ1) is 5.79. The fourth-order valence-electron chi connectivity index (χ4n) is 1.93. The van der Waals surface area contributed by atoms with E-state index in [0.717, 1.165) is 0 Å². The molecule has 0 spiro atoms. The van der Waals surface area contributed by atoms with Gasteiger partial charge in [-0.05, 0) is 39.7 Å². The summed E-state index contributed by atoms with van der Waals surface area (Å²) in [5.74, 6) is 0.602. The largest absolute Gasteiger partial charge is 0.327 e. The predicted molar refractivity (Wildman–Crippen MR) is 56.6 cm³/mol.